The van der Waals surface area contributed by atoms with E-state index in [4.69, 9.17) is 0 Å². The summed E-state index contributed by atoms with van der Waals surface area (Å²) in [5.41, 5.74) is 1.52. The van der Waals surface area contributed by atoms with E-state index >= 15 is 0 Å². The summed E-state index contributed by atoms with van der Waals surface area (Å²) in [5.74, 6) is -0.748. The Morgan fingerprint density at radius 2 is 1.85 bits per heavy atom. The second kappa shape index (κ2) is 10.0. The molecular formula is C15H20BrN3O5P2. The zero-order valence-corrected chi connectivity index (χ0v) is 17.8. The standard InChI is InChI=1S/C15H20BrN3O5P2/c16-8-13(20)18-12-7-9(14(21)23-25)1-2-11(12)17-10-3-5-19(6-4-10)15(22)24-26/h1-2,7,10,17H,3-6,8,25-26H2,(H,18,20). The predicted octanol–water partition coefficient (Wildman–Crippen LogP) is 2.77. The SMILES string of the molecule is O=C(CBr)Nc1cc(C(=O)OP)ccc1NC1CCN(C(=O)OP)CC1. The van der Waals surface area contributed by atoms with Gasteiger partial charge in [0.15, 0.2) is 0 Å². The van der Waals surface area contributed by atoms with Crippen LogP contribution in [-0.4, -0.2) is 47.3 Å². The number of nitrogens with one attached hydrogen (secondary N) is 2. The van der Waals surface area contributed by atoms with Crippen LogP contribution < -0.4 is 10.6 Å². The van der Waals surface area contributed by atoms with Crippen LogP contribution in [0.4, 0.5) is 16.2 Å². The van der Waals surface area contributed by atoms with Gasteiger partial charge in [0.1, 0.15) is 0 Å². The molecule has 0 spiro atoms. The molecule has 2 atom stereocenters. The van der Waals surface area contributed by atoms with Gasteiger partial charge in [-0.15, -0.1) is 0 Å². The number of rotatable bonds is 5. The second-order valence-electron chi connectivity index (χ2n) is 5.64. The number of alkyl halides is 1. The molecular weight excluding hydrogens is 444 g/mol. The van der Waals surface area contributed by atoms with Gasteiger partial charge in [0.05, 0.1) is 41.2 Å². The summed E-state index contributed by atoms with van der Waals surface area (Å²) >= 11 is 3.10. The summed E-state index contributed by atoms with van der Waals surface area (Å²) in [4.78, 5) is 36.6. The van der Waals surface area contributed by atoms with Crippen LogP contribution >= 0.6 is 34.9 Å². The van der Waals surface area contributed by atoms with Gasteiger partial charge in [-0.2, -0.15) is 0 Å². The van der Waals surface area contributed by atoms with Crippen molar-refractivity contribution in [2.24, 2.45) is 0 Å². The first kappa shape index (κ1) is 20.9. The Hall–Kier alpha value is -1.43. The summed E-state index contributed by atoms with van der Waals surface area (Å²) < 4.78 is 9.29. The maximum atomic E-state index is 11.8. The fourth-order valence-corrected chi connectivity index (χ4v) is 3.08. The Bertz CT molecular complexity index is 683. The summed E-state index contributed by atoms with van der Waals surface area (Å²) in [6.07, 6.45) is 1.11. The first-order valence-corrected chi connectivity index (χ1v) is 9.88. The zero-order chi connectivity index (χ0) is 19.1. The van der Waals surface area contributed by atoms with Gasteiger partial charge in [0.25, 0.3) is 0 Å². The molecule has 2 amide bonds. The Morgan fingerprint density at radius 1 is 1.15 bits per heavy atom. The van der Waals surface area contributed by atoms with E-state index < -0.39 is 5.97 Å². The minimum absolute atomic E-state index is 0.128. The molecule has 142 valence electrons. The smallest absolute Gasteiger partial charge is 0.411 e. The number of anilines is 2. The van der Waals surface area contributed by atoms with Crippen LogP contribution in [0.15, 0.2) is 18.2 Å². The maximum Gasteiger partial charge on any atom is 0.411 e. The van der Waals surface area contributed by atoms with Gasteiger partial charge >= 0.3 is 12.1 Å². The summed E-state index contributed by atoms with van der Waals surface area (Å²) in [6, 6.07) is 5.04. The highest BCUT2D eigenvalue weighted by Crippen LogP contribution is 2.27. The van der Waals surface area contributed by atoms with Gasteiger partial charge < -0.3 is 24.6 Å². The van der Waals surface area contributed by atoms with Crippen molar-refractivity contribution >= 4 is 64.2 Å². The molecule has 11 heteroatoms. The van der Waals surface area contributed by atoms with E-state index in [-0.39, 0.29) is 23.4 Å². The van der Waals surface area contributed by atoms with E-state index in [0.29, 0.717) is 30.0 Å². The number of hydrogen-bond donors (Lipinski definition) is 2. The molecule has 8 nitrogen and oxygen atoms in total. The Kier molecular flexibility index (Phi) is 8.07. The van der Waals surface area contributed by atoms with Gasteiger partial charge in [-0.3, -0.25) is 4.79 Å². The van der Waals surface area contributed by atoms with Crippen molar-refractivity contribution in [1.29, 1.82) is 0 Å². The van der Waals surface area contributed by atoms with Crippen molar-refractivity contribution in [3.05, 3.63) is 23.8 Å². The monoisotopic (exact) mass is 463 g/mol. The van der Waals surface area contributed by atoms with Crippen LogP contribution in [0.2, 0.25) is 0 Å². The molecule has 2 unspecified atom stereocenters. The highest BCUT2D eigenvalue weighted by molar-refractivity contribution is 9.09. The van der Waals surface area contributed by atoms with Crippen LogP contribution in [0.1, 0.15) is 23.2 Å². The number of amides is 2. The molecule has 1 aromatic carbocycles. The number of carbonyl (C=O) groups is 3. The number of piperidine rings is 1. The van der Waals surface area contributed by atoms with E-state index in [1.807, 2.05) is 18.9 Å². The Balaban J connectivity index is 2.11. The van der Waals surface area contributed by atoms with E-state index in [9.17, 15) is 14.4 Å². The fourth-order valence-electron chi connectivity index (χ4n) is 2.65. The van der Waals surface area contributed by atoms with E-state index in [2.05, 4.69) is 35.6 Å². The molecule has 2 N–H and O–H groups in total. The minimum Gasteiger partial charge on any atom is -0.448 e. The lowest BCUT2D eigenvalue weighted by Gasteiger charge is -2.32. The molecule has 0 aromatic heterocycles. The quantitative estimate of drug-likeness (QED) is 0.514. The van der Waals surface area contributed by atoms with Gasteiger partial charge in [-0.25, -0.2) is 9.59 Å². The van der Waals surface area contributed by atoms with Crippen LogP contribution in [-0.2, 0) is 13.8 Å². The lowest BCUT2D eigenvalue weighted by Crippen LogP contribution is -2.42. The van der Waals surface area contributed by atoms with Crippen LogP contribution in [0.3, 0.4) is 0 Å². The first-order chi connectivity index (χ1) is 12.5. The molecule has 1 saturated heterocycles. The molecule has 26 heavy (non-hydrogen) atoms. The molecule has 1 aliphatic heterocycles. The van der Waals surface area contributed by atoms with Gasteiger partial charge in [0.2, 0.25) is 5.91 Å². The molecule has 1 aliphatic rings. The van der Waals surface area contributed by atoms with Crippen molar-refractivity contribution in [1.82, 2.24) is 4.90 Å². The van der Waals surface area contributed by atoms with Crippen molar-refractivity contribution < 1.29 is 23.4 Å². The fraction of sp³-hybridized carbons (Fsp3) is 0.400. The largest absolute Gasteiger partial charge is 0.448 e. The maximum absolute atomic E-state index is 11.8. The predicted molar refractivity (Wildman–Crippen MR) is 108 cm³/mol. The summed E-state index contributed by atoms with van der Waals surface area (Å²) in [5, 5.41) is 6.26. The van der Waals surface area contributed by atoms with Gasteiger partial charge in [0, 0.05) is 19.1 Å². The second-order valence-corrected chi connectivity index (χ2v) is 6.67. The number of hydrogen-bond acceptors (Lipinski definition) is 6. The first-order valence-electron chi connectivity index (χ1n) is 7.81. The third-order valence-electron chi connectivity index (χ3n) is 3.97. The average Bonchev–Trinajstić information content (AvgIpc) is 2.68. The lowest BCUT2D eigenvalue weighted by molar-refractivity contribution is -0.113. The normalized spacial score (nSPS) is 14.5. The number of likely N-dealkylation sites (tertiary alicyclic amines) is 1. The number of halogens is 1. The Morgan fingerprint density at radius 3 is 2.42 bits per heavy atom. The van der Waals surface area contributed by atoms with Crippen molar-refractivity contribution in [3.63, 3.8) is 0 Å². The van der Waals surface area contributed by atoms with Crippen LogP contribution in [0.25, 0.3) is 0 Å². The van der Waals surface area contributed by atoms with Gasteiger partial charge in [-0.1, -0.05) is 15.9 Å². The van der Waals surface area contributed by atoms with E-state index in [1.54, 1.807) is 23.1 Å². The van der Waals surface area contributed by atoms with Crippen LogP contribution in [0.5, 0.6) is 0 Å². The molecule has 1 aromatic rings. The summed E-state index contributed by atoms with van der Waals surface area (Å²) in [7, 11) is 3.86. The van der Waals surface area contributed by atoms with Crippen molar-refractivity contribution in [3.8, 4) is 0 Å². The third kappa shape index (κ3) is 5.53. The van der Waals surface area contributed by atoms with E-state index in [1.165, 1.54) is 0 Å². The van der Waals surface area contributed by atoms with Gasteiger partial charge in [-0.05, 0) is 31.0 Å². The third-order valence-corrected chi connectivity index (χ3v) is 4.90. The highest BCUT2D eigenvalue weighted by Gasteiger charge is 2.24. The molecule has 0 radical (unpaired) electrons. The van der Waals surface area contributed by atoms with Crippen LogP contribution in [0, 0.1) is 0 Å². The molecule has 1 fully saturated rings. The molecule has 2 rings (SSSR count). The summed E-state index contributed by atoms with van der Waals surface area (Å²) in [6.45, 7) is 1.15. The van der Waals surface area contributed by atoms with Crippen molar-refractivity contribution in [2.45, 2.75) is 18.9 Å². The minimum atomic E-state index is -0.514. The highest BCUT2D eigenvalue weighted by atomic mass is 79.9. The zero-order valence-electron chi connectivity index (χ0n) is 13.9. The molecule has 1 heterocycles. The number of carbonyl (C=O) groups excluding carboxylic acids is 3. The Labute approximate surface area is 164 Å². The molecule has 0 saturated carbocycles. The van der Waals surface area contributed by atoms with Crippen molar-refractivity contribution in [2.75, 3.05) is 29.1 Å². The lowest BCUT2D eigenvalue weighted by atomic mass is 10.0. The number of benzene rings is 1. The average molecular weight is 464 g/mol. The van der Waals surface area contributed by atoms with E-state index in [0.717, 1.165) is 12.8 Å². The topological polar surface area (TPSA) is 97.0 Å². The number of nitrogens with zero attached hydrogens (tertiary/aromatic N) is 1. The molecule has 0 bridgehead atoms. The molecule has 0 aliphatic carbocycles.